The number of rotatable bonds is 8. The molecule has 1 aromatic heterocycles. The molecule has 5 nitrogen and oxygen atoms in total. The van der Waals surface area contributed by atoms with Gasteiger partial charge in [-0.1, -0.05) is 44.0 Å². The highest BCUT2D eigenvalue weighted by molar-refractivity contribution is 5.99. The van der Waals surface area contributed by atoms with E-state index in [1.165, 1.54) is 19.3 Å². The number of aromatic nitrogens is 1. The second-order valence-electron chi connectivity index (χ2n) is 8.18. The van der Waals surface area contributed by atoms with Crippen LogP contribution >= 0.6 is 0 Å². The Morgan fingerprint density at radius 2 is 1.93 bits per heavy atom. The highest BCUT2D eigenvalue weighted by atomic mass is 16.5. The summed E-state index contributed by atoms with van der Waals surface area (Å²) in [6.45, 7) is 5.40. The highest BCUT2D eigenvalue weighted by Gasteiger charge is 2.24. The first-order chi connectivity index (χ1) is 14.7. The molecular weight excluding hydrogens is 374 g/mol. The van der Waals surface area contributed by atoms with Gasteiger partial charge in [-0.25, -0.2) is 0 Å². The fourth-order valence-corrected chi connectivity index (χ4v) is 4.21. The van der Waals surface area contributed by atoms with Crippen LogP contribution in [0.3, 0.4) is 0 Å². The number of ether oxygens (including phenoxy) is 1. The summed E-state index contributed by atoms with van der Waals surface area (Å²) in [5, 5.41) is 4.26. The number of aromatic amines is 1. The van der Waals surface area contributed by atoms with Crippen LogP contribution in [0.15, 0.2) is 48.5 Å². The van der Waals surface area contributed by atoms with Crippen molar-refractivity contribution in [2.75, 3.05) is 26.7 Å². The highest BCUT2D eigenvalue weighted by Crippen LogP contribution is 2.26. The van der Waals surface area contributed by atoms with Gasteiger partial charge in [0.2, 0.25) is 0 Å². The number of carbonyl (C=O) groups excluding carboxylic acids is 1. The largest absolute Gasteiger partial charge is 0.497 e. The lowest BCUT2D eigenvalue weighted by molar-refractivity contribution is 0.0933. The summed E-state index contributed by atoms with van der Waals surface area (Å²) in [6.07, 6.45) is 4.80. The third-order valence-corrected chi connectivity index (χ3v) is 5.98. The van der Waals surface area contributed by atoms with Gasteiger partial charge in [0.05, 0.1) is 7.11 Å². The smallest absolute Gasteiger partial charge is 0.267 e. The van der Waals surface area contributed by atoms with Gasteiger partial charge in [0.15, 0.2) is 0 Å². The van der Waals surface area contributed by atoms with Gasteiger partial charge in [0, 0.05) is 30.0 Å². The summed E-state index contributed by atoms with van der Waals surface area (Å²) in [7, 11) is 1.67. The molecule has 1 amide bonds. The predicted molar refractivity (Wildman–Crippen MR) is 122 cm³/mol. The number of benzene rings is 2. The summed E-state index contributed by atoms with van der Waals surface area (Å²) in [4.78, 5) is 18.6. The predicted octanol–water partition coefficient (Wildman–Crippen LogP) is 4.84. The molecule has 1 saturated heterocycles. The maximum atomic E-state index is 12.8. The van der Waals surface area contributed by atoms with Crippen molar-refractivity contribution in [2.24, 2.45) is 0 Å². The summed E-state index contributed by atoms with van der Waals surface area (Å²) < 4.78 is 5.24. The molecule has 0 saturated carbocycles. The Bertz CT molecular complexity index is 993. The third-order valence-electron chi connectivity index (χ3n) is 5.98. The first-order valence-electron chi connectivity index (χ1n) is 11.0. The average Bonchev–Trinajstić information content (AvgIpc) is 3.40. The normalized spacial score (nSPS) is 16.8. The maximum Gasteiger partial charge on any atom is 0.267 e. The molecule has 4 rings (SSSR count). The van der Waals surface area contributed by atoms with E-state index in [-0.39, 0.29) is 11.9 Å². The van der Waals surface area contributed by atoms with E-state index >= 15 is 0 Å². The number of nitrogens with zero attached hydrogens (tertiary/aromatic N) is 1. The van der Waals surface area contributed by atoms with Crippen molar-refractivity contribution in [2.45, 2.75) is 38.6 Å². The van der Waals surface area contributed by atoms with E-state index in [9.17, 15) is 4.79 Å². The van der Waals surface area contributed by atoms with Crippen LogP contribution in [-0.4, -0.2) is 48.6 Å². The van der Waals surface area contributed by atoms with Crippen molar-refractivity contribution in [3.63, 3.8) is 0 Å². The van der Waals surface area contributed by atoms with Crippen molar-refractivity contribution >= 4 is 16.8 Å². The molecule has 1 fully saturated rings. The van der Waals surface area contributed by atoms with Crippen molar-refractivity contribution in [1.29, 1.82) is 0 Å². The van der Waals surface area contributed by atoms with Gasteiger partial charge in [-0.15, -0.1) is 0 Å². The van der Waals surface area contributed by atoms with E-state index in [2.05, 4.69) is 40.3 Å². The number of methoxy groups -OCH3 is 1. The summed E-state index contributed by atoms with van der Waals surface area (Å²) in [5.41, 5.74) is 3.83. The Labute approximate surface area is 178 Å². The minimum absolute atomic E-state index is 0.0161. The van der Waals surface area contributed by atoms with Gasteiger partial charge in [0.25, 0.3) is 5.91 Å². The van der Waals surface area contributed by atoms with Crippen LogP contribution in [0, 0.1) is 0 Å². The Morgan fingerprint density at radius 1 is 1.13 bits per heavy atom. The molecule has 1 aliphatic heterocycles. The van der Waals surface area contributed by atoms with Crippen LogP contribution in [0.4, 0.5) is 0 Å². The van der Waals surface area contributed by atoms with Crippen molar-refractivity contribution in [3.8, 4) is 16.9 Å². The second kappa shape index (κ2) is 9.35. The Morgan fingerprint density at radius 3 is 2.70 bits per heavy atom. The monoisotopic (exact) mass is 405 g/mol. The number of H-pyrrole nitrogens is 1. The zero-order valence-electron chi connectivity index (χ0n) is 17.9. The first kappa shape index (κ1) is 20.5. The van der Waals surface area contributed by atoms with Gasteiger partial charge < -0.3 is 19.9 Å². The van der Waals surface area contributed by atoms with Crippen molar-refractivity contribution in [3.05, 3.63) is 54.2 Å². The van der Waals surface area contributed by atoms with E-state index in [1.807, 2.05) is 30.3 Å². The van der Waals surface area contributed by atoms with Crippen molar-refractivity contribution < 1.29 is 9.53 Å². The quantitative estimate of drug-likeness (QED) is 0.527. The summed E-state index contributed by atoms with van der Waals surface area (Å²) >= 11 is 0. The van der Waals surface area contributed by atoms with Gasteiger partial charge >= 0.3 is 0 Å². The molecule has 0 spiro atoms. The number of carbonyl (C=O) groups is 1. The third kappa shape index (κ3) is 4.68. The first-order valence-corrected chi connectivity index (χ1v) is 11.0. The molecule has 5 heteroatoms. The molecule has 0 unspecified atom stereocenters. The topological polar surface area (TPSA) is 57.4 Å². The van der Waals surface area contributed by atoms with Crippen molar-refractivity contribution in [1.82, 2.24) is 15.2 Å². The van der Waals surface area contributed by atoms with Crippen LogP contribution in [0.5, 0.6) is 5.75 Å². The van der Waals surface area contributed by atoms with E-state index in [0.717, 1.165) is 53.8 Å². The molecule has 1 atom stereocenters. The Kier molecular flexibility index (Phi) is 6.38. The second-order valence-corrected chi connectivity index (χ2v) is 8.18. The molecule has 0 aliphatic carbocycles. The minimum Gasteiger partial charge on any atom is -0.497 e. The number of likely N-dealkylation sites (tertiary alicyclic amines) is 1. The van der Waals surface area contributed by atoms with Crippen LogP contribution in [0.2, 0.25) is 0 Å². The van der Waals surface area contributed by atoms with E-state index < -0.39 is 0 Å². The zero-order chi connectivity index (χ0) is 20.9. The van der Waals surface area contributed by atoms with Crippen LogP contribution in [0.25, 0.3) is 22.0 Å². The molecule has 30 heavy (non-hydrogen) atoms. The summed E-state index contributed by atoms with van der Waals surface area (Å²) in [6, 6.07) is 16.4. The van der Waals surface area contributed by atoms with Gasteiger partial charge in [-0.2, -0.15) is 0 Å². The van der Waals surface area contributed by atoms with E-state index in [1.54, 1.807) is 7.11 Å². The fourth-order valence-electron chi connectivity index (χ4n) is 4.21. The maximum absolute atomic E-state index is 12.8. The fraction of sp³-hybridized carbons (Fsp3) is 0.400. The van der Waals surface area contributed by atoms with Gasteiger partial charge in [-0.3, -0.25) is 4.79 Å². The minimum atomic E-state index is -0.0161. The zero-order valence-corrected chi connectivity index (χ0v) is 17.9. The lowest BCUT2D eigenvalue weighted by atomic mass is 10.0. The number of hydrogen-bond acceptors (Lipinski definition) is 3. The lowest BCUT2D eigenvalue weighted by Gasteiger charge is -2.16. The molecule has 0 radical (unpaired) electrons. The molecule has 2 aromatic carbocycles. The standard InChI is InChI=1S/C25H31N3O2/c1-3-4-5-13-28-14-12-21(17-28)26-25(29)24-16-20-7-6-19(15-23(20)27-24)18-8-10-22(30-2)11-9-18/h6-11,15-16,21,27H,3-5,12-14,17H2,1-2H3,(H,26,29)/t21-/m0/s1. The number of amides is 1. The van der Waals surface area contributed by atoms with Gasteiger partial charge in [-0.05, 0) is 54.8 Å². The van der Waals surface area contributed by atoms with Crippen LogP contribution < -0.4 is 10.1 Å². The number of fused-ring (bicyclic) bond motifs is 1. The Hall–Kier alpha value is -2.79. The molecular formula is C25H31N3O2. The lowest BCUT2D eigenvalue weighted by Crippen LogP contribution is -2.37. The van der Waals surface area contributed by atoms with E-state index in [4.69, 9.17) is 4.74 Å². The molecule has 2 N–H and O–H groups in total. The SMILES string of the molecule is CCCCCN1CC[C@H](NC(=O)c2cc3ccc(-c4ccc(OC)cc4)cc3[nH]2)C1. The number of nitrogens with one attached hydrogen (secondary N) is 2. The van der Waals surface area contributed by atoms with Crippen LogP contribution in [-0.2, 0) is 0 Å². The van der Waals surface area contributed by atoms with Crippen LogP contribution in [0.1, 0.15) is 43.1 Å². The molecule has 0 bridgehead atoms. The summed E-state index contributed by atoms with van der Waals surface area (Å²) in [5.74, 6) is 0.826. The molecule has 1 aliphatic rings. The molecule has 3 aromatic rings. The molecule has 2 heterocycles. The van der Waals surface area contributed by atoms with E-state index in [0.29, 0.717) is 5.69 Å². The Balaban J connectivity index is 1.41. The van der Waals surface area contributed by atoms with Gasteiger partial charge in [0.1, 0.15) is 11.4 Å². The molecule has 158 valence electrons. The number of hydrogen-bond donors (Lipinski definition) is 2. The average molecular weight is 406 g/mol. The number of unbranched alkanes of at least 4 members (excludes halogenated alkanes) is 2.